The lowest BCUT2D eigenvalue weighted by Gasteiger charge is -2.12. The van der Waals surface area contributed by atoms with E-state index in [4.69, 9.17) is 0 Å². The summed E-state index contributed by atoms with van der Waals surface area (Å²) < 4.78 is 0. The van der Waals surface area contributed by atoms with Crippen LogP contribution in [0.25, 0.3) is 0 Å². The van der Waals surface area contributed by atoms with E-state index in [-0.39, 0.29) is 0 Å². The first-order valence-electron chi connectivity index (χ1n) is 5.42. The molecule has 1 heteroatoms. The summed E-state index contributed by atoms with van der Waals surface area (Å²) in [5, 5.41) is 0. The zero-order chi connectivity index (χ0) is 12.4. The molecule has 16 heavy (non-hydrogen) atoms. The Balaban J connectivity index is 4.36. The van der Waals surface area contributed by atoms with Crippen molar-refractivity contribution in [1.82, 2.24) is 0 Å². The van der Waals surface area contributed by atoms with Gasteiger partial charge in [-0.25, -0.2) is 0 Å². The van der Waals surface area contributed by atoms with Crippen LogP contribution in [0.1, 0.15) is 20.3 Å². The minimum absolute atomic E-state index is 0.483. The van der Waals surface area contributed by atoms with Gasteiger partial charge in [0, 0.05) is 0 Å². The SMILES string of the molecule is C=C/C(=C/PC)C(C)CC(=C)/C=C/C#CC. The average Bonchev–Trinajstić information content (AvgIpc) is 2.26. The Morgan fingerprint density at radius 1 is 1.50 bits per heavy atom. The maximum Gasteiger partial charge on any atom is -0.00235 e. The van der Waals surface area contributed by atoms with Crippen molar-refractivity contribution < 1.29 is 0 Å². The second-order valence-corrected chi connectivity index (χ2v) is 4.49. The molecule has 2 unspecified atom stereocenters. The molecule has 0 bridgehead atoms. The smallest absolute Gasteiger partial charge is 0.00235 e. The summed E-state index contributed by atoms with van der Waals surface area (Å²) in [6.07, 6.45) is 6.75. The van der Waals surface area contributed by atoms with Crippen LogP contribution in [0.5, 0.6) is 0 Å². The minimum Gasteiger partial charge on any atom is -0.102 e. The largest absolute Gasteiger partial charge is 0.102 e. The van der Waals surface area contributed by atoms with Crippen molar-refractivity contribution in [3.05, 3.63) is 48.3 Å². The molecule has 0 radical (unpaired) electrons. The number of rotatable bonds is 6. The highest BCUT2D eigenvalue weighted by Crippen LogP contribution is 2.23. The van der Waals surface area contributed by atoms with E-state index in [0.717, 1.165) is 20.6 Å². The third kappa shape index (κ3) is 6.44. The zero-order valence-corrected chi connectivity index (χ0v) is 11.5. The predicted molar refractivity (Wildman–Crippen MR) is 78.0 cm³/mol. The molecule has 0 aliphatic carbocycles. The molecule has 0 spiro atoms. The molecule has 0 saturated carbocycles. The number of hydrogen-bond acceptors (Lipinski definition) is 0. The second-order valence-electron chi connectivity index (χ2n) is 3.63. The molecule has 0 saturated heterocycles. The molecule has 0 rings (SSSR count). The lowest BCUT2D eigenvalue weighted by molar-refractivity contribution is 0.700. The molecule has 0 heterocycles. The van der Waals surface area contributed by atoms with Gasteiger partial charge in [-0.15, -0.1) is 14.5 Å². The lowest BCUT2D eigenvalue weighted by Crippen LogP contribution is -1.97. The fourth-order valence-corrected chi connectivity index (χ4v) is 2.13. The molecule has 0 amide bonds. The molecular formula is C15H21P. The van der Waals surface area contributed by atoms with E-state index in [2.05, 4.69) is 44.4 Å². The van der Waals surface area contributed by atoms with Gasteiger partial charge in [-0.05, 0) is 37.6 Å². The van der Waals surface area contributed by atoms with Gasteiger partial charge in [-0.1, -0.05) is 49.5 Å². The second kappa shape index (κ2) is 9.20. The van der Waals surface area contributed by atoms with Gasteiger partial charge >= 0.3 is 0 Å². The van der Waals surface area contributed by atoms with E-state index in [1.165, 1.54) is 5.57 Å². The Labute approximate surface area is 102 Å². The predicted octanol–water partition coefficient (Wildman–Crippen LogP) is 4.53. The van der Waals surface area contributed by atoms with Crippen LogP contribution in [-0.4, -0.2) is 6.66 Å². The summed E-state index contributed by atoms with van der Waals surface area (Å²) in [5.41, 5.74) is 2.43. The van der Waals surface area contributed by atoms with Crippen molar-refractivity contribution in [3.63, 3.8) is 0 Å². The van der Waals surface area contributed by atoms with E-state index in [1.54, 1.807) is 0 Å². The van der Waals surface area contributed by atoms with Gasteiger partial charge in [0.05, 0.1) is 0 Å². The first-order chi connectivity index (χ1) is 7.65. The zero-order valence-electron chi connectivity index (χ0n) is 10.5. The van der Waals surface area contributed by atoms with Gasteiger partial charge in [0.15, 0.2) is 0 Å². The van der Waals surface area contributed by atoms with Crippen LogP contribution in [0.2, 0.25) is 0 Å². The third-order valence-corrected chi connectivity index (χ3v) is 2.85. The first kappa shape index (κ1) is 14.9. The normalized spacial score (nSPS) is 13.8. The maximum absolute atomic E-state index is 4.03. The summed E-state index contributed by atoms with van der Waals surface area (Å²) >= 11 is 0. The standard InChI is InChI=1S/C15H21P/c1-6-8-9-10-13(3)11-14(4)15(7-2)12-16-5/h7,9-10,12,14,16H,2-3,11H2,1,4-5H3/b10-9+,15-12-. The molecule has 0 aromatic carbocycles. The van der Waals surface area contributed by atoms with Crippen molar-refractivity contribution >= 4 is 8.58 Å². The Bertz CT molecular complexity index is 347. The van der Waals surface area contributed by atoms with Gasteiger partial charge in [0.1, 0.15) is 0 Å². The van der Waals surface area contributed by atoms with Crippen LogP contribution in [0, 0.1) is 17.8 Å². The number of allylic oxidation sites excluding steroid dienone is 5. The fraction of sp³-hybridized carbons (Fsp3) is 0.333. The molecule has 0 aliphatic rings. The summed E-state index contributed by atoms with van der Waals surface area (Å²) in [6.45, 7) is 14.1. The minimum atomic E-state index is 0.483. The van der Waals surface area contributed by atoms with Crippen LogP contribution in [0.15, 0.2) is 48.3 Å². The van der Waals surface area contributed by atoms with Gasteiger partial charge in [-0.2, -0.15) is 0 Å². The maximum atomic E-state index is 4.03. The van der Waals surface area contributed by atoms with Crippen LogP contribution < -0.4 is 0 Å². The van der Waals surface area contributed by atoms with Gasteiger partial charge < -0.3 is 0 Å². The Kier molecular flexibility index (Phi) is 8.59. The molecule has 0 nitrogen and oxygen atoms in total. The van der Waals surface area contributed by atoms with Crippen molar-refractivity contribution in [1.29, 1.82) is 0 Å². The molecule has 0 aromatic heterocycles. The van der Waals surface area contributed by atoms with Crippen molar-refractivity contribution in [2.75, 3.05) is 6.66 Å². The van der Waals surface area contributed by atoms with Crippen molar-refractivity contribution in [2.24, 2.45) is 5.92 Å². The van der Waals surface area contributed by atoms with Crippen LogP contribution in [-0.2, 0) is 0 Å². The van der Waals surface area contributed by atoms with Crippen molar-refractivity contribution in [2.45, 2.75) is 20.3 Å². The fourth-order valence-electron chi connectivity index (χ4n) is 1.39. The summed E-state index contributed by atoms with van der Waals surface area (Å²) in [5.74, 6) is 8.46. The van der Waals surface area contributed by atoms with E-state index in [1.807, 2.05) is 25.2 Å². The monoisotopic (exact) mass is 232 g/mol. The van der Waals surface area contributed by atoms with Gasteiger partial charge in [0.25, 0.3) is 0 Å². The lowest BCUT2D eigenvalue weighted by atomic mass is 9.95. The highest BCUT2D eigenvalue weighted by molar-refractivity contribution is 7.40. The molecule has 0 N–H and O–H groups in total. The van der Waals surface area contributed by atoms with E-state index in [9.17, 15) is 0 Å². The molecular weight excluding hydrogens is 211 g/mol. The molecule has 2 atom stereocenters. The third-order valence-electron chi connectivity index (χ3n) is 2.23. The molecule has 0 aliphatic heterocycles. The molecule has 0 fully saturated rings. The summed E-state index contributed by atoms with van der Waals surface area (Å²) in [4.78, 5) is 0. The number of hydrogen-bond donors (Lipinski definition) is 0. The Hall–Kier alpha value is -1.05. The van der Waals surface area contributed by atoms with Crippen LogP contribution in [0.4, 0.5) is 0 Å². The van der Waals surface area contributed by atoms with Crippen LogP contribution >= 0.6 is 8.58 Å². The highest BCUT2D eigenvalue weighted by Gasteiger charge is 2.05. The van der Waals surface area contributed by atoms with Crippen LogP contribution in [0.3, 0.4) is 0 Å². The van der Waals surface area contributed by atoms with Crippen molar-refractivity contribution in [3.8, 4) is 11.8 Å². The van der Waals surface area contributed by atoms with Gasteiger partial charge in [0.2, 0.25) is 0 Å². The molecule has 86 valence electrons. The average molecular weight is 232 g/mol. The van der Waals surface area contributed by atoms with Gasteiger partial charge in [-0.3, -0.25) is 0 Å². The van der Waals surface area contributed by atoms with E-state index in [0.29, 0.717) is 5.92 Å². The highest BCUT2D eigenvalue weighted by atomic mass is 31.1. The summed E-state index contributed by atoms with van der Waals surface area (Å²) in [7, 11) is 0.832. The summed E-state index contributed by atoms with van der Waals surface area (Å²) in [6, 6.07) is 0. The molecule has 0 aromatic rings. The quantitative estimate of drug-likeness (QED) is 0.358. The van der Waals surface area contributed by atoms with E-state index >= 15 is 0 Å². The topological polar surface area (TPSA) is 0 Å². The first-order valence-corrected chi connectivity index (χ1v) is 6.99. The van der Waals surface area contributed by atoms with E-state index < -0.39 is 0 Å². The Morgan fingerprint density at radius 3 is 2.69 bits per heavy atom. The Morgan fingerprint density at radius 2 is 2.19 bits per heavy atom.